The van der Waals surface area contributed by atoms with Crippen molar-refractivity contribution < 1.29 is 9.18 Å². The second kappa shape index (κ2) is 6.38. The Morgan fingerprint density at radius 3 is 2.65 bits per heavy atom. The van der Waals surface area contributed by atoms with Gasteiger partial charge in [-0.1, -0.05) is 26.3 Å². The number of hydrogen-bond acceptors (Lipinski definition) is 1. The standard InChI is InChI=1S/C14H20FNO/c1-4-6-11(5-2)14(17)16-13-8-7-10(3)9-12(13)15/h7-9,11H,4-6H2,1-3H3,(H,16,17). The van der Waals surface area contributed by atoms with Crippen LogP contribution in [0.5, 0.6) is 0 Å². The fraction of sp³-hybridized carbons (Fsp3) is 0.500. The van der Waals surface area contributed by atoms with E-state index in [2.05, 4.69) is 5.32 Å². The number of carbonyl (C=O) groups excluding carboxylic acids is 1. The van der Waals surface area contributed by atoms with Crippen LogP contribution in [0.1, 0.15) is 38.7 Å². The van der Waals surface area contributed by atoms with Gasteiger partial charge in [-0.05, 0) is 37.5 Å². The Hall–Kier alpha value is -1.38. The van der Waals surface area contributed by atoms with Gasteiger partial charge in [-0.15, -0.1) is 0 Å². The van der Waals surface area contributed by atoms with E-state index in [4.69, 9.17) is 0 Å². The lowest BCUT2D eigenvalue weighted by Gasteiger charge is -2.14. The van der Waals surface area contributed by atoms with Gasteiger partial charge in [0.05, 0.1) is 5.69 Å². The normalized spacial score (nSPS) is 12.2. The van der Waals surface area contributed by atoms with Crippen LogP contribution in [0.15, 0.2) is 18.2 Å². The number of nitrogens with one attached hydrogen (secondary N) is 1. The lowest BCUT2D eigenvalue weighted by atomic mass is 10.00. The molecule has 0 aliphatic heterocycles. The first-order valence-corrected chi connectivity index (χ1v) is 6.15. The van der Waals surface area contributed by atoms with Crippen molar-refractivity contribution in [2.24, 2.45) is 5.92 Å². The van der Waals surface area contributed by atoms with Gasteiger partial charge < -0.3 is 5.32 Å². The zero-order chi connectivity index (χ0) is 12.8. The van der Waals surface area contributed by atoms with Gasteiger partial charge in [0.15, 0.2) is 0 Å². The first kappa shape index (κ1) is 13.7. The van der Waals surface area contributed by atoms with Crippen molar-refractivity contribution in [1.82, 2.24) is 0 Å². The highest BCUT2D eigenvalue weighted by atomic mass is 19.1. The molecule has 1 aromatic rings. The molecule has 1 unspecified atom stereocenters. The Labute approximate surface area is 102 Å². The minimum absolute atomic E-state index is 0.0271. The van der Waals surface area contributed by atoms with Crippen molar-refractivity contribution in [3.8, 4) is 0 Å². The van der Waals surface area contributed by atoms with Gasteiger partial charge >= 0.3 is 0 Å². The van der Waals surface area contributed by atoms with Crippen LogP contribution in [-0.4, -0.2) is 5.91 Å². The molecule has 2 nitrogen and oxygen atoms in total. The van der Waals surface area contributed by atoms with Crippen molar-refractivity contribution in [3.63, 3.8) is 0 Å². The second-order valence-electron chi connectivity index (χ2n) is 4.37. The third-order valence-electron chi connectivity index (χ3n) is 2.88. The van der Waals surface area contributed by atoms with E-state index in [1.807, 2.05) is 20.8 Å². The van der Waals surface area contributed by atoms with Gasteiger partial charge in [0.25, 0.3) is 0 Å². The van der Waals surface area contributed by atoms with Gasteiger partial charge in [-0.2, -0.15) is 0 Å². The molecule has 0 saturated carbocycles. The molecular weight excluding hydrogens is 217 g/mol. The first-order chi connectivity index (χ1) is 8.08. The third-order valence-corrected chi connectivity index (χ3v) is 2.88. The Balaban J connectivity index is 2.73. The van der Waals surface area contributed by atoms with Crippen molar-refractivity contribution in [1.29, 1.82) is 0 Å². The molecule has 0 saturated heterocycles. The molecule has 0 spiro atoms. The Bertz CT molecular complexity index is 390. The number of anilines is 1. The largest absolute Gasteiger partial charge is 0.323 e. The molecule has 94 valence electrons. The lowest BCUT2D eigenvalue weighted by Crippen LogP contribution is -2.22. The summed E-state index contributed by atoms with van der Waals surface area (Å²) in [5.41, 5.74) is 1.12. The molecule has 0 aliphatic rings. The predicted molar refractivity (Wildman–Crippen MR) is 68.5 cm³/mol. The van der Waals surface area contributed by atoms with Gasteiger partial charge in [0.1, 0.15) is 5.82 Å². The average Bonchev–Trinajstić information content (AvgIpc) is 2.29. The fourth-order valence-corrected chi connectivity index (χ4v) is 1.83. The van der Waals surface area contributed by atoms with Crippen molar-refractivity contribution in [2.75, 3.05) is 5.32 Å². The summed E-state index contributed by atoms with van der Waals surface area (Å²) in [7, 11) is 0. The van der Waals surface area contributed by atoms with Gasteiger partial charge in [-0.3, -0.25) is 4.79 Å². The van der Waals surface area contributed by atoms with Crippen LogP contribution in [-0.2, 0) is 4.79 Å². The van der Waals surface area contributed by atoms with Crippen molar-refractivity contribution >= 4 is 11.6 Å². The number of carbonyl (C=O) groups is 1. The van der Waals surface area contributed by atoms with E-state index in [-0.39, 0.29) is 23.3 Å². The maximum absolute atomic E-state index is 13.5. The molecule has 3 heteroatoms. The first-order valence-electron chi connectivity index (χ1n) is 6.15. The SMILES string of the molecule is CCCC(CC)C(=O)Nc1ccc(C)cc1F. The molecule has 1 aromatic carbocycles. The zero-order valence-corrected chi connectivity index (χ0v) is 10.7. The molecule has 0 fully saturated rings. The predicted octanol–water partition coefficient (Wildman–Crippen LogP) is 3.90. The van der Waals surface area contributed by atoms with E-state index in [0.29, 0.717) is 0 Å². The molecule has 1 N–H and O–H groups in total. The van der Waals surface area contributed by atoms with E-state index in [1.54, 1.807) is 12.1 Å². The smallest absolute Gasteiger partial charge is 0.227 e. The summed E-state index contributed by atoms with van der Waals surface area (Å²) in [5.74, 6) is -0.484. The lowest BCUT2D eigenvalue weighted by molar-refractivity contribution is -0.120. The average molecular weight is 237 g/mol. The highest BCUT2D eigenvalue weighted by Gasteiger charge is 2.16. The monoisotopic (exact) mass is 237 g/mol. The number of hydrogen-bond donors (Lipinski definition) is 1. The van der Waals surface area contributed by atoms with Crippen LogP contribution in [0.25, 0.3) is 0 Å². The molecule has 0 bridgehead atoms. The summed E-state index contributed by atoms with van der Waals surface area (Å²) in [6.45, 7) is 5.84. The van der Waals surface area contributed by atoms with Gasteiger partial charge in [0.2, 0.25) is 5.91 Å². The van der Waals surface area contributed by atoms with Crippen LogP contribution < -0.4 is 5.32 Å². The van der Waals surface area contributed by atoms with Crippen LogP contribution in [0.3, 0.4) is 0 Å². The number of amides is 1. The molecule has 0 radical (unpaired) electrons. The quantitative estimate of drug-likeness (QED) is 0.826. The number of rotatable bonds is 5. The minimum Gasteiger partial charge on any atom is -0.323 e. The molecule has 17 heavy (non-hydrogen) atoms. The molecular formula is C14H20FNO. The summed E-state index contributed by atoms with van der Waals surface area (Å²) in [6, 6.07) is 4.83. The van der Waals surface area contributed by atoms with Crippen LogP contribution in [0, 0.1) is 18.7 Å². The molecule has 1 atom stereocenters. The van der Waals surface area contributed by atoms with E-state index in [0.717, 1.165) is 24.8 Å². The van der Waals surface area contributed by atoms with E-state index >= 15 is 0 Å². The third kappa shape index (κ3) is 3.84. The van der Waals surface area contributed by atoms with Gasteiger partial charge in [0, 0.05) is 5.92 Å². The Morgan fingerprint density at radius 2 is 2.12 bits per heavy atom. The highest BCUT2D eigenvalue weighted by molar-refractivity contribution is 5.92. The topological polar surface area (TPSA) is 29.1 Å². The number of halogens is 1. The van der Waals surface area contributed by atoms with Crippen LogP contribution in [0.4, 0.5) is 10.1 Å². The van der Waals surface area contributed by atoms with E-state index in [9.17, 15) is 9.18 Å². The molecule has 0 heterocycles. The molecule has 1 rings (SSSR count). The Kier molecular flexibility index (Phi) is 5.13. The molecule has 0 aromatic heterocycles. The van der Waals surface area contributed by atoms with Crippen molar-refractivity contribution in [2.45, 2.75) is 40.0 Å². The molecule has 0 aliphatic carbocycles. The highest BCUT2D eigenvalue weighted by Crippen LogP contribution is 2.18. The summed E-state index contributed by atoms with van der Waals surface area (Å²) >= 11 is 0. The van der Waals surface area contributed by atoms with Crippen LogP contribution >= 0.6 is 0 Å². The maximum Gasteiger partial charge on any atom is 0.227 e. The fourth-order valence-electron chi connectivity index (χ4n) is 1.83. The minimum atomic E-state index is -0.371. The summed E-state index contributed by atoms with van der Waals surface area (Å²) < 4.78 is 13.5. The Morgan fingerprint density at radius 1 is 1.41 bits per heavy atom. The summed E-state index contributed by atoms with van der Waals surface area (Å²) in [6.07, 6.45) is 2.59. The molecule has 1 amide bonds. The van der Waals surface area contributed by atoms with Crippen molar-refractivity contribution in [3.05, 3.63) is 29.6 Å². The summed E-state index contributed by atoms with van der Waals surface area (Å²) in [5, 5.41) is 2.66. The second-order valence-corrected chi connectivity index (χ2v) is 4.37. The zero-order valence-electron chi connectivity index (χ0n) is 10.7. The van der Waals surface area contributed by atoms with Crippen LogP contribution in [0.2, 0.25) is 0 Å². The number of benzene rings is 1. The van der Waals surface area contributed by atoms with Gasteiger partial charge in [-0.25, -0.2) is 4.39 Å². The van der Waals surface area contributed by atoms with E-state index < -0.39 is 0 Å². The van der Waals surface area contributed by atoms with E-state index in [1.165, 1.54) is 6.07 Å². The number of aryl methyl sites for hydroxylation is 1. The maximum atomic E-state index is 13.5. The summed E-state index contributed by atoms with van der Waals surface area (Å²) in [4.78, 5) is 11.9.